The lowest BCUT2D eigenvalue weighted by Crippen LogP contribution is -2.23. The third-order valence-corrected chi connectivity index (χ3v) is 4.99. The first-order valence-corrected chi connectivity index (χ1v) is 10.6. The van der Waals surface area contributed by atoms with Crippen molar-refractivity contribution < 1.29 is 27.8 Å². The molecule has 4 rings (SSSR count). The maximum Gasteiger partial charge on any atom is 0.255 e. The normalized spacial score (nSPS) is 12.9. The number of halogens is 1. The Morgan fingerprint density at radius 3 is 2.75 bits per heavy atom. The van der Waals surface area contributed by atoms with E-state index in [2.05, 4.69) is 10.3 Å². The maximum absolute atomic E-state index is 12.7. The van der Waals surface area contributed by atoms with Crippen LogP contribution in [0.2, 0.25) is 0 Å². The van der Waals surface area contributed by atoms with E-state index < -0.39 is 6.86 Å². The van der Waals surface area contributed by atoms with Gasteiger partial charge in [0.2, 0.25) is 12.8 Å². The number of benzene rings is 2. The van der Waals surface area contributed by atoms with Crippen LogP contribution in [0.4, 0.5) is 4.39 Å². The molecule has 1 fully saturated rings. The van der Waals surface area contributed by atoms with E-state index in [0.29, 0.717) is 59.1 Å². The highest BCUT2D eigenvalue weighted by molar-refractivity contribution is 5.96. The zero-order chi connectivity index (χ0) is 22.3. The van der Waals surface area contributed by atoms with E-state index in [9.17, 15) is 9.18 Å². The number of carbonyl (C=O) groups excluding carboxylic acids is 1. The first-order chi connectivity index (χ1) is 15.7. The van der Waals surface area contributed by atoms with Gasteiger partial charge in [0, 0.05) is 5.56 Å². The molecule has 1 heterocycles. The van der Waals surface area contributed by atoms with Gasteiger partial charge in [0.25, 0.3) is 5.91 Å². The highest BCUT2D eigenvalue weighted by Gasteiger charge is 2.23. The summed E-state index contributed by atoms with van der Waals surface area (Å²) in [6.45, 7) is 2.16. The van der Waals surface area contributed by atoms with Crippen LogP contribution >= 0.6 is 0 Å². The van der Waals surface area contributed by atoms with Crippen LogP contribution in [-0.4, -0.2) is 31.0 Å². The Morgan fingerprint density at radius 2 is 1.97 bits per heavy atom. The molecular weight excluding hydrogens is 415 g/mol. The number of ether oxygens (including phenoxy) is 3. The number of aromatic nitrogens is 1. The largest absolute Gasteiger partial charge is 0.493 e. The Morgan fingerprint density at radius 1 is 1.12 bits per heavy atom. The molecule has 1 saturated carbocycles. The molecule has 168 valence electrons. The Kier molecular flexibility index (Phi) is 6.89. The zero-order valence-electron chi connectivity index (χ0n) is 17.8. The van der Waals surface area contributed by atoms with Crippen molar-refractivity contribution in [3.63, 3.8) is 0 Å². The van der Waals surface area contributed by atoms with Gasteiger partial charge in [-0.05, 0) is 56.0 Å². The molecule has 1 aliphatic rings. The number of hydrogen-bond acceptors (Lipinski definition) is 6. The van der Waals surface area contributed by atoms with Gasteiger partial charge in [-0.15, -0.1) is 0 Å². The van der Waals surface area contributed by atoms with Gasteiger partial charge in [0.15, 0.2) is 11.5 Å². The molecule has 0 saturated heterocycles. The Bertz CT molecular complexity index is 1060. The number of oxazole rings is 1. The summed E-state index contributed by atoms with van der Waals surface area (Å²) < 4.78 is 34.6. The molecule has 0 bridgehead atoms. The van der Waals surface area contributed by atoms with Crippen molar-refractivity contribution >= 4 is 5.91 Å². The topological polar surface area (TPSA) is 82.8 Å². The molecular formula is C24H25FN2O5. The van der Waals surface area contributed by atoms with Gasteiger partial charge < -0.3 is 23.9 Å². The Hall–Kier alpha value is -3.55. The van der Waals surface area contributed by atoms with Crippen LogP contribution in [0.1, 0.15) is 35.8 Å². The van der Waals surface area contributed by atoms with Crippen molar-refractivity contribution in [1.82, 2.24) is 10.3 Å². The van der Waals surface area contributed by atoms with Crippen LogP contribution in [0.5, 0.6) is 17.2 Å². The van der Waals surface area contributed by atoms with Gasteiger partial charge in [-0.25, -0.2) is 9.37 Å². The molecule has 0 spiro atoms. The molecule has 1 aliphatic carbocycles. The fourth-order valence-electron chi connectivity index (χ4n) is 3.15. The van der Waals surface area contributed by atoms with E-state index >= 15 is 0 Å². The predicted octanol–water partition coefficient (Wildman–Crippen LogP) is 4.76. The highest BCUT2D eigenvalue weighted by atomic mass is 19.1. The quantitative estimate of drug-likeness (QED) is 0.463. The number of alkyl halides is 1. The molecule has 0 radical (unpaired) electrons. The summed E-state index contributed by atoms with van der Waals surface area (Å²) >= 11 is 0. The molecule has 1 aromatic heterocycles. The van der Waals surface area contributed by atoms with Crippen molar-refractivity contribution in [3.05, 3.63) is 60.0 Å². The SMILES string of the molecule is CCOc1ccccc1C(=O)NCc1coc(-c2ccc(OCF)c(OCC3CC3)c2)n1. The average Bonchev–Trinajstić information content (AvgIpc) is 3.52. The zero-order valence-corrected chi connectivity index (χ0v) is 17.8. The summed E-state index contributed by atoms with van der Waals surface area (Å²) in [7, 11) is 0. The minimum absolute atomic E-state index is 0.191. The molecule has 0 aliphatic heterocycles. The lowest BCUT2D eigenvalue weighted by Gasteiger charge is -2.11. The first kappa shape index (κ1) is 21.7. The second-order valence-electron chi connectivity index (χ2n) is 7.43. The highest BCUT2D eigenvalue weighted by Crippen LogP contribution is 2.35. The number of carbonyl (C=O) groups is 1. The smallest absolute Gasteiger partial charge is 0.255 e. The van der Waals surface area contributed by atoms with Gasteiger partial charge in [-0.1, -0.05) is 12.1 Å². The molecule has 7 nitrogen and oxygen atoms in total. The summed E-state index contributed by atoms with van der Waals surface area (Å²) in [5.74, 6) is 1.97. The number of rotatable bonds is 11. The van der Waals surface area contributed by atoms with Gasteiger partial charge >= 0.3 is 0 Å². The second-order valence-corrected chi connectivity index (χ2v) is 7.43. The second kappa shape index (κ2) is 10.2. The average molecular weight is 440 g/mol. The van der Waals surface area contributed by atoms with Gasteiger partial charge in [-0.3, -0.25) is 4.79 Å². The molecule has 1 amide bonds. The third-order valence-electron chi connectivity index (χ3n) is 4.99. The molecule has 3 aromatic rings. The minimum Gasteiger partial charge on any atom is -0.493 e. The van der Waals surface area contributed by atoms with E-state index in [0.717, 1.165) is 12.8 Å². The van der Waals surface area contributed by atoms with Crippen molar-refractivity contribution in [2.75, 3.05) is 20.1 Å². The molecule has 8 heteroatoms. The summed E-state index contributed by atoms with van der Waals surface area (Å²) in [4.78, 5) is 17.0. The number of para-hydroxylation sites is 1. The van der Waals surface area contributed by atoms with Crippen molar-refractivity contribution in [3.8, 4) is 28.7 Å². The summed E-state index contributed by atoms with van der Waals surface area (Å²) in [6, 6.07) is 12.1. The summed E-state index contributed by atoms with van der Waals surface area (Å²) in [6.07, 6.45) is 3.77. The number of nitrogens with one attached hydrogen (secondary N) is 1. The molecule has 1 N–H and O–H groups in total. The van der Waals surface area contributed by atoms with Crippen molar-refractivity contribution in [1.29, 1.82) is 0 Å². The fourth-order valence-corrected chi connectivity index (χ4v) is 3.15. The lowest BCUT2D eigenvalue weighted by molar-refractivity contribution is 0.0946. The van der Waals surface area contributed by atoms with Crippen LogP contribution in [0, 0.1) is 5.92 Å². The van der Waals surface area contributed by atoms with Crippen LogP contribution < -0.4 is 19.5 Å². The Balaban J connectivity index is 1.43. The van der Waals surface area contributed by atoms with Crippen LogP contribution in [-0.2, 0) is 6.54 Å². The molecule has 0 atom stereocenters. The number of hydrogen-bond donors (Lipinski definition) is 1. The summed E-state index contributed by atoms with van der Waals surface area (Å²) in [5, 5.41) is 2.83. The van der Waals surface area contributed by atoms with Gasteiger partial charge in [-0.2, -0.15) is 0 Å². The standard InChI is InChI=1S/C24H25FN2O5/c1-2-29-20-6-4-3-5-19(20)23(28)26-12-18-14-31-24(27-18)17-9-10-21(32-15-25)22(11-17)30-13-16-7-8-16/h3-6,9-11,14,16H,2,7-8,12-13,15H2,1H3,(H,26,28). The molecule has 2 aromatic carbocycles. The Labute approximate surface area is 185 Å². The van der Waals surface area contributed by atoms with Crippen molar-refractivity contribution in [2.24, 2.45) is 5.92 Å². The van der Waals surface area contributed by atoms with E-state index in [1.54, 1.807) is 36.4 Å². The van der Waals surface area contributed by atoms with Crippen LogP contribution in [0.25, 0.3) is 11.5 Å². The van der Waals surface area contributed by atoms with Crippen LogP contribution in [0.15, 0.2) is 53.1 Å². The van der Waals surface area contributed by atoms with E-state index in [1.165, 1.54) is 6.26 Å². The minimum atomic E-state index is -0.936. The number of amides is 1. The molecule has 0 unspecified atom stereocenters. The predicted molar refractivity (Wildman–Crippen MR) is 116 cm³/mol. The fraction of sp³-hybridized carbons (Fsp3) is 0.333. The van der Waals surface area contributed by atoms with Crippen molar-refractivity contribution in [2.45, 2.75) is 26.3 Å². The van der Waals surface area contributed by atoms with Crippen LogP contribution in [0.3, 0.4) is 0 Å². The molecule has 32 heavy (non-hydrogen) atoms. The van der Waals surface area contributed by atoms with Gasteiger partial charge in [0.1, 0.15) is 12.0 Å². The first-order valence-electron chi connectivity index (χ1n) is 10.6. The van der Waals surface area contributed by atoms with Gasteiger partial charge in [0.05, 0.1) is 31.0 Å². The third kappa shape index (κ3) is 5.38. The van der Waals surface area contributed by atoms with E-state index in [1.807, 2.05) is 13.0 Å². The monoisotopic (exact) mass is 440 g/mol. The lowest BCUT2D eigenvalue weighted by atomic mass is 10.2. The summed E-state index contributed by atoms with van der Waals surface area (Å²) in [5.41, 5.74) is 1.69. The number of nitrogens with zero attached hydrogens (tertiary/aromatic N) is 1. The van der Waals surface area contributed by atoms with E-state index in [-0.39, 0.29) is 12.5 Å². The maximum atomic E-state index is 12.7. The van der Waals surface area contributed by atoms with E-state index in [4.69, 9.17) is 18.6 Å².